The number of carboxylic acid groups (broad SMARTS) is 1. The van der Waals surface area contributed by atoms with Crippen molar-refractivity contribution in [2.45, 2.75) is 25.9 Å². The zero-order valence-corrected chi connectivity index (χ0v) is 7.19. The van der Waals surface area contributed by atoms with Crippen molar-refractivity contribution >= 4 is 5.97 Å². The van der Waals surface area contributed by atoms with Crippen LogP contribution in [0.2, 0.25) is 0 Å². The summed E-state index contributed by atoms with van der Waals surface area (Å²) in [4.78, 5) is 10.2. The van der Waals surface area contributed by atoms with Crippen LogP contribution in [0.25, 0.3) is 0 Å². The van der Waals surface area contributed by atoms with Crippen LogP contribution in [0.15, 0.2) is 12.2 Å². The normalized spacial score (nSPS) is 30.8. The van der Waals surface area contributed by atoms with E-state index in [2.05, 4.69) is 0 Å². The molecule has 1 saturated heterocycles. The molecule has 1 N–H and O–H groups in total. The third kappa shape index (κ3) is 3.05. The van der Waals surface area contributed by atoms with Crippen molar-refractivity contribution in [1.82, 2.24) is 0 Å². The molecule has 0 amide bonds. The molecule has 12 heavy (non-hydrogen) atoms. The van der Waals surface area contributed by atoms with Crippen molar-refractivity contribution in [3.8, 4) is 0 Å². The van der Waals surface area contributed by atoms with Crippen LogP contribution in [0, 0.1) is 5.92 Å². The molecule has 1 unspecified atom stereocenters. The van der Waals surface area contributed by atoms with Crippen LogP contribution < -0.4 is 0 Å². The Hall–Kier alpha value is -0.830. The molecular formula is C9H14O3. The fraction of sp³-hybridized carbons (Fsp3) is 0.667. The molecule has 1 rings (SSSR count). The van der Waals surface area contributed by atoms with Crippen LogP contribution in [0.3, 0.4) is 0 Å². The van der Waals surface area contributed by atoms with E-state index in [1.807, 2.05) is 6.92 Å². The second kappa shape index (κ2) is 4.26. The van der Waals surface area contributed by atoms with E-state index in [1.165, 1.54) is 6.08 Å². The molecule has 1 heterocycles. The van der Waals surface area contributed by atoms with Gasteiger partial charge >= 0.3 is 5.97 Å². The van der Waals surface area contributed by atoms with Gasteiger partial charge in [-0.2, -0.15) is 0 Å². The fourth-order valence-electron chi connectivity index (χ4n) is 1.43. The quantitative estimate of drug-likeness (QED) is 0.638. The molecule has 0 aromatic heterocycles. The third-order valence-corrected chi connectivity index (χ3v) is 2.04. The summed E-state index contributed by atoms with van der Waals surface area (Å²) in [6.45, 7) is 2.76. The third-order valence-electron chi connectivity index (χ3n) is 2.04. The highest BCUT2D eigenvalue weighted by molar-refractivity contribution is 5.79. The Balaban J connectivity index is 2.36. The van der Waals surface area contributed by atoms with Crippen molar-refractivity contribution in [1.29, 1.82) is 0 Å². The van der Waals surface area contributed by atoms with Crippen molar-refractivity contribution in [2.24, 2.45) is 5.92 Å². The lowest BCUT2D eigenvalue weighted by Gasteiger charge is -2.24. The molecule has 2 atom stereocenters. The monoisotopic (exact) mass is 170 g/mol. The predicted molar refractivity (Wildman–Crippen MR) is 44.9 cm³/mol. The molecule has 1 aliphatic rings. The van der Waals surface area contributed by atoms with Gasteiger partial charge < -0.3 is 9.84 Å². The Morgan fingerprint density at radius 2 is 2.42 bits per heavy atom. The largest absolute Gasteiger partial charge is 0.478 e. The maximum Gasteiger partial charge on any atom is 0.327 e. The standard InChI is InChI=1S/C9H14O3/c1-7-6-8(4-5-12-7)2-3-9(10)11/h2-3,7-8H,4-6H2,1H3,(H,10,11)/t7-,8?/m0/s1. The van der Waals surface area contributed by atoms with Gasteiger partial charge in [0.15, 0.2) is 0 Å². The Labute approximate surface area is 72.0 Å². The number of allylic oxidation sites excluding steroid dienone is 1. The lowest BCUT2D eigenvalue weighted by atomic mass is 9.96. The van der Waals surface area contributed by atoms with Crippen molar-refractivity contribution in [2.75, 3.05) is 6.61 Å². The van der Waals surface area contributed by atoms with Gasteiger partial charge in [0.1, 0.15) is 0 Å². The minimum Gasteiger partial charge on any atom is -0.478 e. The molecule has 0 spiro atoms. The maximum atomic E-state index is 10.2. The van der Waals surface area contributed by atoms with Crippen molar-refractivity contribution in [3.63, 3.8) is 0 Å². The summed E-state index contributed by atoms with van der Waals surface area (Å²) in [7, 11) is 0. The summed E-state index contributed by atoms with van der Waals surface area (Å²) in [6, 6.07) is 0. The van der Waals surface area contributed by atoms with Gasteiger partial charge in [0.05, 0.1) is 6.10 Å². The van der Waals surface area contributed by atoms with Gasteiger partial charge in [-0.25, -0.2) is 4.79 Å². The Bertz CT molecular complexity index is 186. The van der Waals surface area contributed by atoms with Gasteiger partial charge in [-0.3, -0.25) is 0 Å². The van der Waals surface area contributed by atoms with Gasteiger partial charge in [-0.15, -0.1) is 0 Å². The Morgan fingerprint density at radius 3 is 3.00 bits per heavy atom. The highest BCUT2D eigenvalue weighted by Crippen LogP contribution is 2.20. The molecule has 1 aliphatic heterocycles. The number of hydrogen-bond acceptors (Lipinski definition) is 2. The van der Waals surface area contributed by atoms with Crippen molar-refractivity contribution in [3.05, 3.63) is 12.2 Å². The van der Waals surface area contributed by atoms with Crippen LogP contribution in [-0.4, -0.2) is 23.8 Å². The van der Waals surface area contributed by atoms with E-state index in [1.54, 1.807) is 6.08 Å². The average molecular weight is 170 g/mol. The highest BCUT2D eigenvalue weighted by atomic mass is 16.5. The lowest BCUT2D eigenvalue weighted by Crippen LogP contribution is -2.21. The minimum atomic E-state index is -0.867. The van der Waals surface area contributed by atoms with Crippen molar-refractivity contribution < 1.29 is 14.6 Å². The smallest absolute Gasteiger partial charge is 0.327 e. The number of rotatable bonds is 2. The molecule has 0 aromatic carbocycles. The lowest BCUT2D eigenvalue weighted by molar-refractivity contribution is -0.131. The van der Waals surface area contributed by atoms with Crippen LogP contribution in [0.5, 0.6) is 0 Å². The summed E-state index contributed by atoms with van der Waals surface area (Å²) < 4.78 is 5.33. The molecular weight excluding hydrogens is 156 g/mol. The zero-order valence-electron chi connectivity index (χ0n) is 7.19. The summed E-state index contributed by atoms with van der Waals surface area (Å²) in [5.41, 5.74) is 0. The SMILES string of the molecule is C[C@H]1CC(C=CC(=O)O)CCO1. The molecule has 3 nitrogen and oxygen atoms in total. The van der Waals surface area contributed by atoms with E-state index < -0.39 is 5.97 Å². The van der Waals surface area contributed by atoms with E-state index in [4.69, 9.17) is 9.84 Å². The number of hydrogen-bond donors (Lipinski definition) is 1. The first kappa shape index (κ1) is 9.26. The number of ether oxygens (including phenoxy) is 1. The van der Waals surface area contributed by atoms with E-state index in [-0.39, 0.29) is 6.10 Å². The summed E-state index contributed by atoms with van der Waals surface area (Å²) in [5.74, 6) is -0.487. The molecule has 0 bridgehead atoms. The van der Waals surface area contributed by atoms with Gasteiger partial charge in [-0.05, 0) is 25.7 Å². The second-order valence-electron chi connectivity index (χ2n) is 3.16. The van der Waals surface area contributed by atoms with Crippen LogP contribution in [0.4, 0.5) is 0 Å². The van der Waals surface area contributed by atoms with Crippen LogP contribution in [-0.2, 0) is 9.53 Å². The van der Waals surface area contributed by atoms with Crippen LogP contribution >= 0.6 is 0 Å². The van der Waals surface area contributed by atoms with Gasteiger partial charge in [0.25, 0.3) is 0 Å². The maximum absolute atomic E-state index is 10.2. The fourth-order valence-corrected chi connectivity index (χ4v) is 1.43. The molecule has 0 saturated carbocycles. The van der Waals surface area contributed by atoms with Crippen LogP contribution in [0.1, 0.15) is 19.8 Å². The summed E-state index contributed by atoms with van der Waals surface area (Å²) >= 11 is 0. The first-order valence-corrected chi connectivity index (χ1v) is 4.21. The van der Waals surface area contributed by atoms with E-state index in [0.717, 1.165) is 19.4 Å². The van der Waals surface area contributed by atoms with E-state index >= 15 is 0 Å². The predicted octanol–water partition coefficient (Wildman–Crippen LogP) is 1.44. The molecule has 68 valence electrons. The molecule has 0 aliphatic carbocycles. The molecule has 1 fully saturated rings. The molecule has 3 heteroatoms. The second-order valence-corrected chi connectivity index (χ2v) is 3.16. The first-order valence-electron chi connectivity index (χ1n) is 4.21. The molecule has 0 aromatic rings. The number of aliphatic carboxylic acids is 1. The topological polar surface area (TPSA) is 46.5 Å². The average Bonchev–Trinajstić information content (AvgIpc) is 2.01. The van der Waals surface area contributed by atoms with E-state index in [9.17, 15) is 4.79 Å². The number of carbonyl (C=O) groups is 1. The minimum absolute atomic E-state index is 0.266. The van der Waals surface area contributed by atoms with Gasteiger partial charge in [0, 0.05) is 12.7 Å². The van der Waals surface area contributed by atoms with Gasteiger partial charge in [0.2, 0.25) is 0 Å². The van der Waals surface area contributed by atoms with Gasteiger partial charge in [-0.1, -0.05) is 6.08 Å². The zero-order chi connectivity index (χ0) is 8.97. The molecule has 0 radical (unpaired) electrons. The Kier molecular flexibility index (Phi) is 3.29. The summed E-state index contributed by atoms with van der Waals surface area (Å²) in [6.07, 6.45) is 5.13. The first-order chi connectivity index (χ1) is 5.68. The van der Waals surface area contributed by atoms with E-state index in [0.29, 0.717) is 5.92 Å². The summed E-state index contributed by atoms with van der Waals surface area (Å²) in [5, 5.41) is 8.39. The Morgan fingerprint density at radius 1 is 1.67 bits per heavy atom. The number of carboxylic acids is 1. The highest BCUT2D eigenvalue weighted by Gasteiger charge is 2.16.